The highest BCUT2D eigenvalue weighted by atomic mass is 16.5. The summed E-state index contributed by atoms with van der Waals surface area (Å²) in [5.74, 6) is -2.75. The number of amides is 2. The summed E-state index contributed by atoms with van der Waals surface area (Å²) in [6.07, 6.45) is -4.01. The van der Waals surface area contributed by atoms with Crippen molar-refractivity contribution in [3.63, 3.8) is 0 Å². The van der Waals surface area contributed by atoms with Crippen LogP contribution in [0.1, 0.15) is 5.56 Å². The number of aliphatic hydroxyl groups excluding tert-OH is 2. The van der Waals surface area contributed by atoms with Crippen LogP contribution in [0.4, 0.5) is 5.69 Å². The highest BCUT2D eigenvalue weighted by molar-refractivity contribution is 6.00. The van der Waals surface area contributed by atoms with Crippen LogP contribution in [0, 0.1) is 0 Å². The number of fused-ring (bicyclic) bond motifs is 1. The molecule has 2 unspecified atom stereocenters. The Morgan fingerprint density at radius 2 is 1.47 bits per heavy atom. The summed E-state index contributed by atoms with van der Waals surface area (Å²) < 4.78 is 4.71. The van der Waals surface area contributed by atoms with Crippen molar-refractivity contribution in [1.82, 2.24) is 5.32 Å². The molecule has 3 rings (SSSR count). The van der Waals surface area contributed by atoms with E-state index in [-0.39, 0.29) is 6.42 Å². The number of ether oxygens (including phenoxy) is 1. The van der Waals surface area contributed by atoms with E-state index in [1.54, 1.807) is 42.5 Å². The fraction of sp³-hybridized carbons (Fsp3) is 0.208. The number of carbonyl (C=O) groups is 3. The first kappa shape index (κ1) is 22.9. The monoisotopic (exact) mass is 436 g/mol. The average molecular weight is 436 g/mol. The molecule has 0 saturated heterocycles. The minimum Gasteiger partial charge on any atom is -0.467 e. The summed E-state index contributed by atoms with van der Waals surface area (Å²) in [6.45, 7) is 0. The lowest BCUT2D eigenvalue weighted by molar-refractivity contribution is -0.149. The van der Waals surface area contributed by atoms with E-state index in [4.69, 9.17) is 4.74 Å². The normalized spacial score (nSPS) is 13.6. The van der Waals surface area contributed by atoms with Crippen molar-refractivity contribution in [2.45, 2.75) is 24.7 Å². The molecule has 4 N–H and O–H groups in total. The smallest absolute Gasteiger partial charge is 0.328 e. The summed E-state index contributed by atoms with van der Waals surface area (Å²) in [7, 11) is 1.18. The number of esters is 1. The van der Waals surface area contributed by atoms with Crippen LogP contribution in [0.3, 0.4) is 0 Å². The second-order valence-corrected chi connectivity index (χ2v) is 7.21. The summed E-state index contributed by atoms with van der Waals surface area (Å²) in [5, 5.41) is 27.0. The highest BCUT2D eigenvalue weighted by Gasteiger charge is 2.33. The van der Waals surface area contributed by atoms with E-state index >= 15 is 0 Å². The lowest BCUT2D eigenvalue weighted by atomic mass is 10.0. The van der Waals surface area contributed by atoms with Crippen LogP contribution in [-0.2, 0) is 25.5 Å². The number of methoxy groups -OCH3 is 1. The molecule has 0 radical (unpaired) electrons. The maximum Gasteiger partial charge on any atom is 0.328 e. The van der Waals surface area contributed by atoms with Crippen molar-refractivity contribution in [2.75, 3.05) is 12.4 Å². The molecule has 0 bridgehead atoms. The fourth-order valence-corrected chi connectivity index (χ4v) is 3.21. The molecule has 0 fully saturated rings. The molecule has 0 aliphatic heterocycles. The van der Waals surface area contributed by atoms with Gasteiger partial charge >= 0.3 is 5.97 Å². The molecular weight excluding hydrogens is 412 g/mol. The molecule has 0 saturated carbocycles. The number of anilines is 1. The molecule has 3 aromatic rings. The van der Waals surface area contributed by atoms with Gasteiger partial charge in [0.1, 0.15) is 6.04 Å². The number of aliphatic hydroxyl groups is 2. The number of carbonyl (C=O) groups excluding carboxylic acids is 3. The molecular formula is C24H24N2O6. The molecule has 0 aliphatic rings. The van der Waals surface area contributed by atoms with Crippen LogP contribution < -0.4 is 10.6 Å². The Morgan fingerprint density at radius 1 is 0.844 bits per heavy atom. The van der Waals surface area contributed by atoms with Crippen LogP contribution in [0.2, 0.25) is 0 Å². The Labute approximate surface area is 184 Å². The van der Waals surface area contributed by atoms with Gasteiger partial charge in [-0.05, 0) is 28.5 Å². The molecule has 2 amide bonds. The SMILES string of the molecule is COC(=O)[C@@H](Cc1ccccc1)NC(=O)C(O)C(O)C(=O)Nc1ccc2ccccc2c1. The van der Waals surface area contributed by atoms with Crippen LogP contribution >= 0.6 is 0 Å². The first-order valence-corrected chi connectivity index (χ1v) is 9.97. The lowest BCUT2D eigenvalue weighted by Crippen LogP contribution is -2.52. The predicted molar refractivity (Wildman–Crippen MR) is 119 cm³/mol. The van der Waals surface area contributed by atoms with Crippen molar-refractivity contribution in [1.29, 1.82) is 0 Å². The molecule has 8 nitrogen and oxygen atoms in total. The number of benzene rings is 3. The van der Waals surface area contributed by atoms with Crippen molar-refractivity contribution >= 4 is 34.2 Å². The van der Waals surface area contributed by atoms with E-state index in [0.29, 0.717) is 5.69 Å². The maximum atomic E-state index is 12.4. The molecule has 0 aliphatic carbocycles. The van der Waals surface area contributed by atoms with E-state index in [1.165, 1.54) is 7.11 Å². The summed E-state index contributed by atoms with van der Waals surface area (Å²) in [4.78, 5) is 36.9. The Balaban J connectivity index is 1.64. The molecule has 166 valence electrons. The molecule has 3 atom stereocenters. The number of rotatable bonds is 8. The van der Waals surface area contributed by atoms with Gasteiger partial charge in [-0.3, -0.25) is 9.59 Å². The van der Waals surface area contributed by atoms with Crippen LogP contribution in [0.15, 0.2) is 72.8 Å². The number of nitrogens with one attached hydrogen (secondary N) is 2. The third-order valence-corrected chi connectivity index (χ3v) is 4.94. The maximum absolute atomic E-state index is 12.4. The number of hydrogen-bond acceptors (Lipinski definition) is 6. The Kier molecular flexibility index (Phi) is 7.54. The van der Waals surface area contributed by atoms with E-state index in [1.807, 2.05) is 30.3 Å². The molecule has 0 spiro atoms. The summed E-state index contributed by atoms with van der Waals surface area (Å²) in [5.41, 5.74) is 1.16. The van der Waals surface area contributed by atoms with E-state index in [0.717, 1.165) is 16.3 Å². The van der Waals surface area contributed by atoms with Gasteiger partial charge in [-0.15, -0.1) is 0 Å². The zero-order valence-electron chi connectivity index (χ0n) is 17.4. The second-order valence-electron chi connectivity index (χ2n) is 7.21. The zero-order chi connectivity index (χ0) is 23.1. The van der Waals surface area contributed by atoms with Gasteiger partial charge in [-0.2, -0.15) is 0 Å². The Morgan fingerprint density at radius 3 is 2.16 bits per heavy atom. The van der Waals surface area contributed by atoms with E-state index in [2.05, 4.69) is 10.6 Å². The second kappa shape index (κ2) is 10.5. The van der Waals surface area contributed by atoms with Crippen molar-refractivity contribution in [2.24, 2.45) is 0 Å². The van der Waals surface area contributed by atoms with Crippen LogP contribution in [0.5, 0.6) is 0 Å². The van der Waals surface area contributed by atoms with Crippen molar-refractivity contribution in [3.8, 4) is 0 Å². The lowest BCUT2D eigenvalue weighted by Gasteiger charge is -2.21. The van der Waals surface area contributed by atoms with Gasteiger partial charge in [0.2, 0.25) is 0 Å². The van der Waals surface area contributed by atoms with Gasteiger partial charge in [0.15, 0.2) is 12.2 Å². The average Bonchev–Trinajstić information content (AvgIpc) is 2.82. The zero-order valence-corrected chi connectivity index (χ0v) is 17.4. The molecule has 32 heavy (non-hydrogen) atoms. The molecule has 8 heteroatoms. The van der Waals surface area contributed by atoms with E-state index < -0.39 is 36.0 Å². The molecule has 3 aromatic carbocycles. The van der Waals surface area contributed by atoms with Gasteiger partial charge in [0.05, 0.1) is 7.11 Å². The van der Waals surface area contributed by atoms with Gasteiger partial charge in [-0.1, -0.05) is 60.7 Å². The predicted octanol–water partition coefficient (Wildman–Crippen LogP) is 1.40. The first-order chi connectivity index (χ1) is 15.4. The highest BCUT2D eigenvalue weighted by Crippen LogP contribution is 2.19. The quantitative estimate of drug-likeness (QED) is 0.396. The molecule has 0 heterocycles. The van der Waals surface area contributed by atoms with Gasteiger partial charge < -0.3 is 25.6 Å². The van der Waals surface area contributed by atoms with Crippen LogP contribution in [0.25, 0.3) is 10.8 Å². The van der Waals surface area contributed by atoms with Crippen molar-refractivity contribution < 1.29 is 29.3 Å². The third-order valence-electron chi connectivity index (χ3n) is 4.94. The van der Waals surface area contributed by atoms with Gasteiger partial charge in [-0.25, -0.2) is 4.79 Å². The fourth-order valence-electron chi connectivity index (χ4n) is 3.21. The van der Waals surface area contributed by atoms with Crippen molar-refractivity contribution in [3.05, 3.63) is 78.4 Å². The summed E-state index contributed by atoms with van der Waals surface area (Å²) >= 11 is 0. The Bertz CT molecular complexity index is 1100. The standard InChI is InChI=1S/C24H24N2O6/c1-32-24(31)19(13-15-7-3-2-4-8-15)26-23(30)21(28)20(27)22(29)25-18-12-11-16-9-5-6-10-17(16)14-18/h2-12,14,19-21,27-28H,13H2,1H3,(H,25,29)(H,26,30)/t19-,20?,21?/m1/s1. The number of hydrogen-bond donors (Lipinski definition) is 4. The molecule has 0 aromatic heterocycles. The van der Waals surface area contributed by atoms with E-state index in [9.17, 15) is 24.6 Å². The summed E-state index contributed by atoms with van der Waals surface area (Å²) in [6, 6.07) is 20.5. The third kappa shape index (κ3) is 5.69. The van der Waals surface area contributed by atoms with Gasteiger partial charge in [0.25, 0.3) is 11.8 Å². The minimum absolute atomic E-state index is 0.116. The van der Waals surface area contributed by atoms with Gasteiger partial charge in [0, 0.05) is 12.1 Å². The topological polar surface area (TPSA) is 125 Å². The largest absolute Gasteiger partial charge is 0.467 e. The Hall–Kier alpha value is -3.75. The minimum atomic E-state index is -2.08. The first-order valence-electron chi connectivity index (χ1n) is 9.97. The van der Waals surface area contributed by atoms with Crippen LogP contribution in [-0.4, -0.2) is 53.4 Å².